The number of anilines is 1. The van der Waals surface area contributed by atoms with Gasteiger partial charge in [0.25, 0.3) is 0 Å². The molecule has 0 aliphatic heterocycles. The quantitative estimate of drug-likeness (QED) is 0.467. The van der Waals surface area contributed by atoms with E-state index >= 15 is 0 Å². The normalized spacial score (nSPS) is 10.8. The number of para-hydroxylation sites is 1. The summed E-state index contributed by atoms with van der Waals surface area (Å²) in [5.41, 5.74) is 1.28. The van der Waals surface area contributed by atoms with Crippen molar-refractivity contribution in [2.24, 2.45) is 0 Å². The molecule has 4 rings (SSSR count). The van der Waals surface area contributed by atoms with E-state index in [2.05, 4.69) is 5.32 Å². The number of rotatable bonds is 5. The molecule has 0 atom stereocenters. The van der Waals surface area contributed by atoms with Crippen LogP contribution in [0.4, 0.5) is 5.69 Å². The third-order valence-corrected chi connectivity index (χ3v) is 5.71. The van der Waals surface area contributed by atoms with E-state index in [4.69, 9.17) is 11.6 Å². The van der Waals surface area contributed by atoms with Crippen molar-refractivity contribution in [2.45, 2.75) is 16.3 Å². The first-order valence-electron chi connectivity index (χ1n) is 9.01. The Balaban J connectivity index is 1.57. The fraction of sp³-hybridized carbons (Fsp3) is 0.0435. The highest BCUT2D eigenvalue weighted by atomic mass is 35.5. The van der Waals surface area contributed by atoms with Crippen molar-refractivity contribution in [3.05, 3.63) is 100 Å². The van der Waals surface area contributed by atoms with E-state index in [0.717, 1.165) is 15.5 Å². The van der Waals surface area contributed by atoms with E-state index in [1.165, 1.54) is 6.07 Å². The van der Waals surface area contributed by atoms with Gasteiger partial charge < -0.3 is 9.88 Å². The lowest BCUT2D eigenvalue weighted by Gasteiger charge is -2.13. The lowest BCUT2D eigenvalue weighted by Crippen LogP contribution is -2.20. The lowest BCUT2D eigenvalue weighted by molar-refractivity contribution is -0.116. The Morgan fingerprint density at radius 1 is 0.966 bits per heavy atom. The summed E-state index contributed by atoms with van der Waals surface area (Å²) in [4.78, 5) is 26.9. The molecule has 0 aliphatic carbocycles. The van der Waals surface area contributed by atoms with Gasteiger partial charge in [-0.05, 0) is 42.5 Å². The molecule has 4 aromatic rings. The molecule has 0 radical (unpaired) electrons. The van der Waals surface area contributed by atoms with Crippen LogP contribution in [0.2, 0.25) is 5.02 Å². The molecule has 1 N–H and O–H groups in total. The number of pyridine rings is 1. The smallest absolute Gasteiger partial charge is 0.244 e. The topological polar surface area (TPSA) is 51.1 Å². The van der Waals surface area contributed by atoms with E-state index in [9.17, 15) is 9.59 Å². The van der Waals surface area contributed by atoms with Crippen molar-refractivity contribution in [3.63, 3.8) is 0 Å². The molecule has 1 amide bonds. The molecule has 1 heterocycles. The van der Waals surface area contributed by atoms with Crippen molar-refractivity contribution >= 4 is 45.9 Å². The van der Waals surface area contributed by atoms with Crippen LogP contribution < -0.4 is 10.7 Å². The number of amides is 1. The highest BCUT2D eigenvalue weighted by Gasteiger charge is 2.11. The molecule has 0 aliphatic rings. The summed E-state index contributed by atoms with van der Waals surface area (Å²) in [6.45, 7) is 0.0709. The molecule has 0 bridgehead atoms. The average molecular weight is 421 g/mol. The number of hydrogen-bond donors (Lipinski definition) is 1. The Kier molecular flexibility index (Phi) is 5.69. The van der Waals surface area contributed by atoms with E-state index in [-0.39, 0.29) is 17.9 Å². The molecule has 0 unspecified atom stereocenters. The van der Waals surface area contributed by atoms with Gasteiger partial charge in [-0.3, -0.25) is 9.59 Å². The molecule has 6 heteroatoms. The summed E-state index contributed by atoms with van der Waals surface area (Å²) in [5, 5.41) is 4.03. The molecule has 0 spiro atoms. The first-order valence-corrected chi connectivity index (χ1v) is 10.2. The molecule has 1 aromatic heterocycles. The minimum atomic E-state index is -0.184. The van der Waals surface area contributed by atoms with Crippen molar-refractivity contribution in [2.75, 3.05) is 5.32 Å². The Morgan fingerprint density at radius 2 is 1.72 bits per heavy atom. The van der Waals surface area contributed by atoms with Crippen LogP contribution in [0.5, 0.6) is 0 Å². The second-order valence-electron chi connectivity index (χ2n) is 6.43. The summed E-state index contributed by atoms with van der Waals surface area (Å²) in [6, 6.07) is 24.2. The molecule has 3 aromatic carbocycles. The maximum absolute atomic E-state index is 12.7. The average Bonchev–Trinajstić information content (AvgIpc) is 2.72. The highest BCUT2D eigenvalue weighted by molar-refractivity contribution is 7.99. The second kappa shape index (κ2) is 8.55. The maximum atomic E-state index is 12.7. The number of carbonyl (C=O) groups is 1. The van der Waals surface area contributed by atoms with Gasteiger partial charge in [-0.25, -0.2) is 0 Å². The first-order chi connectivity index (χ1) is 14.1. The number of benzene rings is 3. The Labute approximate surface area is 177 Å². The number of aromatic nitrogens is 1. The van der Waals surface area contributed by atoms with Crippen molar-refractivity contribution in [1.29, 1.82) is 0 Å². The molecule has 0 saturated carbocycles. The first kappa shape index (κ1) is 19.3. The minimum Gasteiger partial charge on any atom is -0.338 e. The fourth-order valence-corrected chi connectivity index (χ4v) is 4.12. The summed E-state index contributed by atoms with van der Waals surface area (Å²) in [5.74, 6) is -0.184. The standard InChI is InChI=1S/C23H17ClN2O2S/c24-16-10-11-18-20(14-16)26(13-12-21(18)27)15-23(28)25-19-8-4-5-9-22(19)29-17-6-2-1-3-7-17/h1-14H,15H2,(H,25,28). The molecule has 0 fully saturated rings. The molecule has 29 heavy (non-hydrogen) atoms. The van der Waals surface area contributed by atoms with Gasteiger partial charge in [-0.15, -0.1) is 0 Å². The lowest BCUT2D eigenvalue weighted by atomic mass is 10.2. The number of fused-ring (bicyclic) bond motifs is 1. The third kappa shape index (κ3) is 4.53. The number of hydrogen-bond acceptors (Lipinski definition) is 3. The largest absolute Gasteiger partial charge is 0.338 e. The van der Waals surface area contributed by atoms with Crippen LogP contribution >= 0.6 is 23.4 Å². The Hall–Kier alpha value is -3.02. The third-order valence-electron chi connectivity index (χ3n) is 4.39. The van der Waals surface area contributed by atoms with Gasteiger partial charge in [0, 0.05) is 32.5 Å². The SMILES string of the molecule is O=C(Cn1ccc(=O)c2ccc(Cl)cc21)Nc1ccccc1Sc1ccccc1. The van der Waals surface area contributed by atoms with E-state index < -0.39 is 0 Å². The minimum absolute atomic E-state index is 0.0709. The highest BCUT2D eigenvalue weighted by Crippen LogP contribution is 2.33. The van der Waals surface area contributed by atoms with Crippen LogP contribution in [0.15, 0.2) is 99.6 Å². The fourth-order valence-electron chi connectivity index (χ4n) is 3.04. The Bertz CT molecular complexity index is 1240. The molecule has 0 saturated heterocycles. The molecular weight excluding hydrogens is 404 g/mol. The van der Waals surface area contributed by atoms with E-state index in [0.29, 0.717) is 15.9 Å². The summed E-state index contributed by atoms with van der Waals surface area (Å²) < 4.78 is 1.73. The molecule has 144 valence electrons. The summed E-state index contributed by atoms with van der Waals surface area (Å²) >= 11 is 7.68. The van der Waals surface area contributed by atoms with Crippen molar-refractivity contribution in [3.8, 4) is 0 Å². The van der Waals surface area contributed by atoms with Gasteiger partial charge in [0.2, 0.25) is 5.91 Å². The van der Waals surface area contributed by atoms with E-state index in [1.54, 1.807) is 40.7 Å². The zero-order chi connectivity index (χ0) is 20.2. The summed E-state index contributed by atoms with van der Waals surface area (Å²) in [6.07, 6.45) is 1.62. The van der Waals surface area contributed by atoms with Crippen LogP contribution in [0.3, 0.4) is 0 Å². The van der Waals surface area contributed by atoms with Gasteiger partial charge in [-0.1, -0.05) is 53.7 Å². The van der Waals surface area contributed by atoms with Crippen LogP contribution in [0, 0.1) is 0 Å². The Morgan fingerprint density at radius 3 is 2.55 bits per heavy atom. The van der Waals surface area contributed by atoms with Crippen molar-refractivity contribution < 1.29 is 4.79 Å². The molecule has 4 nitrogen and oxygen atoms in total. The second-order valence-corrected chi connectivity index (χ2v) is 7.98. The van der Waals surface area contributed by atoms with Gasteiger partial charge >= 0.3 is 0 Å². The molecular formula is C23H17ClN2O2S. The maximum Gasteiger partial charge on any atom is 0.244 e. The number of nitrogens with zero attached hydrogens (tertiary/aromatic N) is 1. The van der Waals surface area contributed by atoms with Gasteiger partial charge in [0.15, 0.2) is 5.43 Å². The van der Waals surface area contributed by atoms with Crippen LogP contribution in [0.25, 0.3) is 10.9 Å². The van der Waals surface area contributed by atoms with Crippen LogP contribution in [0.1, 0.15) is 0 Å². The number of halogens is 1. The number of carbonyl (C=O) groups excluding carboxylic acids is 1. The zero-order valence-corrected chi connectivity index (χ0v) is 16.9. The zero-order valence-electron chi connectivity index (χ0n) is 15.3. The monoisotopic (exact) mass is 420 g/mol. The number of nitrogens with one attached hydrogen (secondary N) is 1. The predicted octanol–water partition coefficient (Wildman–Crippen LogP) is 5.44. The van der Waals surface area contributed by atoms with Crippen molar-refractivity contribution in [1.82, 2.24) is 4.57 Å². The van der Waals surface area contributed by atoms with Gasteiger partial charge in [0.05, 0.1) is 11.2 Å². The van der Waals surface area contributed by atoms with Crippen LogP contribution in [-0.4, -0.2) is 10.5 Å². The predicted molar refractivity (Wildman–Crippen MR) is 119 cm³/mol. The van der Waals surface area contributed by atoms with E-state index in [1.807, 2.05) is 54.6 Å². The van der Waals surface area contributed by atoms with Gasteiger partial charge in [0.1, 0.15) is 6.54 Å². The van der Waals surface area contributed by atoms with Crippen LogP contribution in [-0.2, 0) is 11.3 Å². The summed E-state index contributed by atoms with van der Waals surface area (Å²) in [7, 11) is 0. The van der Waals surface area contributed by atoms with Gasteiger partial charge in [-0.2, -0.15) is 0 Å².